The lowest BCUT2D eigenvalue weighted by molar-refractivity contribution is -0.157. The Morgan fingerprint density at radius 3 is 2.91 bits per heavy atom. The Kier molecular flexibility index (Phi) is 3.82. The van der Waals surface area contributed by atoms with Gasteiger partial charge in [-0.3, -0.25) is 14.4 Å². The highest BCUT2D eigenvalue weighted by Crippen LogP contribution is 2.42. The standard InChI is InChI=1S/C14H15BrN2O5/c15-10-3-8(4-16-11(10)18)12(19)17-5-9-6-22-2-1-14(9,7-17)13(20)21/h3-4,9H,1-2,5-7H2,(H,16,18)(H,20,21)/t9-,14+/m0/s1. The molecule has 3 heterocycles. The maximum absolute atomic E-state index is 12.6. The van der Waals surface area contributed by atoms with Crippen molar-refractivity contribution in [2.75, 3.05) is 26.3 Å². The zero-order chi connectivity index (χ0) is 15.9. The quantitative estimate of drug-likeness (QED) is 0.798. The number of ether oxygens (including phenoxy) is 1. The number of likely N-dealkylation sites (tertiary alicyclic amines) is 1. The Morgan fingerprint density at radius 1 is 1.50 bits per heavy atom. The number of rotatable bonds is 2. The molecule has 0 aromatic carbocycles. The van der Waals surface area contributed by atoms with Gasteiger partial charge in [-0.15, -0.1) is 0 Å². The molecular weight excluding hydrogens is 356 g/mol. The minimum absolute atomic E-state index is 0.173. The van der Waals surface area contributed by atoms with Crippen molar-refractivity contribution in [2.45, 2.75) is 6.42 Å². The number of carboxylic acids is 1. The molecule has 2 fully saturated rings. The number of amides is 1. The second-order valence-electron chi connectivity index (χ2n) is 5.73. The third-order valence-electron chi connectivity index (χ3n) is 4.52. The molecule has 7 nitrogen and oxygen atoms in total. The minimum Gasteiger partial charge on any atom is -0.481 e. The lowest BCUT2D eigenvalue weighted by Crippen LogP contribution is -2.45. The number of nitrogens with one attached hydrogen (secondary N) is 1. The van der Waals surface area contributed by atoms with Gasteiger partial charge in [-0.05, 0) is 28.4 Å². The number of carboxylic acid groups (broad SMARTS) is 1. The van der Waals surface area contributed by atoms with E-state index in [1.807, 2.05) is 0 Å². The lowest BCUT2D eigenvalue weighted by Gasteiger charge is -2.33. The predicted molar refractivity (Wildman–Crippen MR) is 79.7 cm³/mol. The largest absolute Gasteiger partial charge is 0.481 e. The fourth-order valence-corrected chi connectivity index (χ4v) is 3.58. The molecule has 0 bridgehead atoms. The first-order chi connectivity index (χ1) is 10.4. The van der Waals surface area contributed by atoms with Gasteiger partial charge in [0.1, 0.15) is 0 Å². The summed E-state index contributed by atoms with van der Waals surface area (Å²) >= 11 is 3.09. The summed E-state index contributed by atoms with van der Waals surface area (Å²) in [6, 6.07) is 1.45. The molecule has 1 amide bonds. The molecule has 0 saturated carbocycles. The van der Waals surface area contributed by atoms with Crippen LogP contribution in [0.15, 0.2) is 21.5 Å². The van der Waals surface area contributed by atoms with Crippen LogP contribution in [0.4, 0.5) is 0 Å². The van der Waals surface area contributed by atoms with Crippen LogP contribution in [0.1, 0.15) is 16.8 Å². The molecule has 22 heavy (non-hydrogen) atoms. The van der Waals surface area contributed by atoms with Gasteiger partial charge in [0.05, 0.1) is 22.1 Å². The lowest BCUT2D eigenvalue weighted by atomic mass is 9.74. The highest BCUT2D eigenvalue weighted by atomic mass is 79.9. The average molecular weight is 371 g/mol. The van der Waals surface area contributed by atoms with E-state index in [0.717, 1.165) is 0 Å². The van der Waals surface area contributed by atoms with E-state index in [1.54, 1.807) is 0 Å². The zero-order valence-corrected chi connectivity index (χ0v) is 13.3. The first-order valence-electron chi connectivity index (χ1n) is 6.93. The van der Waals surface area contributed by atoms with Gasteiger partial charge >= 0.3 is 5.97 Å². The topological polar surface area (TPSA) is 99.7 Å². The van der Waals surface area contributed by atoms with Crippen molar-refractivity contribution in [3.05, 3.63) is 32.7 Å². The zero-order valence-electron chi connectivity index (χ0n) is 11.7. The number of aromatic amines is 1. The number of aromatic nitrogens is 1. The van der Waals surface area contributed by atoms with Crippen molar-refractivity contribution in [1.29, 1.82) is 0 Å². The maximum Gasteiger partial charge on any atom is 0.311 e. The number of aliphatic carboxylic acids is 1. The maximum atomic E-state index is 12.6. The number of carbonyl (C=O) groups is 2. The number of hydrogen-bond donors (Lipinski definition) is 2. The Morgan fingerprint density at radius 2 is 2.27 bits per heavy atom. The molecule has 2 N–H and O–H groups in total. The SMILES string of the molecule is O=C(c1c[nH]c(=O)c(Br)c1)N1C[C@H]2COCC[C@@]2(C(=O)O)C1. The van der Waals surface area contributed by atoms with Gasteiger partial charge in [-0.2, -0.15) is 0 Å². The number of nitrogens with zero attached hydrogens (tertiary/aromatic N) is 1. The highest BCUT2D eigenvalue weighted by molar-refractivity contribution is 9.10. The summed E-state index contributed by atoms with van der Waals surface area (Å²) in [5.41, 5.74) is -0.915. The summed E-state index contributed by atoms with van der Waals surface area (Å²) in [5.74, 6) is -1.36. The van der Waals surface area contributed by atoms with E-state index in [2.05, 4.69) is 20.9 Å². The van der Waals surface area contributed by atoms with Crippen molar-refractivity contribution in [1.82, 2.24) is 9.88 Å². The molecular formula is C14H15BrN2O5. The van der Waals surface area contributed by atoms with Gasteiger partial charge in [0.25, 0.3) is 11.5 Å². The number of pyridine rings is 1. The molecule has 0 spiro atoms. The van der Waals surface area contributed by atoms with Gasteiger partial charge < -0.3 is 19.7 Å². The first kappa shape index (κ1) is 15.2. The molecule has 2 aliphatic rings. The first-order valence-corrected chi connectivity index (χ1v) is 7.72. The predicted octanol–water partition coefficient (Wildman–Crippen LogP) is 0.701. The van der Waals surface area contributed by atoms with Crippen molar-refractivity contribution in [2.24, 2.45) is 11.3 Å². The molecule has 2 atom stereocenters. The molecule has 2 saturated heterocycles. The van der Waals surface area contributed by atoms with Gasteiger partial charge in [0.15, 0.2) is 0 Å². The van der Waals surface area contributed by atoms with Crippen LogP contribution in [-0.2, 0) is 9.53 Å². The van der Waals surface area contributed by atoms with Crippen LogP contribution in [0.5, 0.6) is 0 Å². The van der Waals surface area contributed by atoms with Gasteiger partial charge in [0, 0.05) is 31.8 Å². The second-order valence-corrected chi connectivity index (χ2v) is 6.59. The summed E-state index contributed by atoms with van der Waals surface area (Å²) in [4.78, 5) is 39.6. The summed E-state index contributed by atoms with van der Waals surface area (Å²) in [7, 11) is 0. The fraction of sp³-hybridized carbons (Fsp3) is 0.500. The molecule has 1 aromatic heterocycles. The number of hydrogen-bond acceptors (Lipinski definition) is 4. The highest BCUT2D eigenvalue weighted by Gasteiger charge is 2.54. The van der Waals surface area contributed by atoms with E-state index in [-0.39, 0.29) is 28.4 Å². The van der Waals surface area contributed by atoms with E-state index >= 15 is 0 Å². The van der Waals surface area contributed by atoms with Crippen molar-refractivity contribution < 1.29 is 19.4 Å². The van der Waals surface area contributed by atoms with Gasteiger partial charge in [-0.25, -0.2) is 0 Å². The number of carbonyl (C=O) groups excluding carboxylic acids is 1. The Bertz CT molecular complexity index is 688. The van der Waals surface area contributed by atoms with E-state index < -0.39 is 11.4 Å². The van der Waals surface area contributed by atoms with Gasteiger partial charge in [-0.1, -0.05) is 0 Å². The van der Waals surface area contributed by atoms with Crippen molar-refractivity contribution in [3.8, 4) is 0 Å². The summed E-state index contributed by atoms with van der Waals surface area (Å²) in [6.07, 6.45) is 1.76. The van der Waals surface area contributed by atoms with Gasteiger partial charge in [0.2, 0.25) is 0 Å². The Hall–Kier alpha value is -1.67. The minimum atomic E-state index is -0.923. The Labute approximate surface area is 134 Å². The van der Waals surface area contributed by atoms with E-state index in [4.69, 9.17) is 4.74 Å². The smallest absolute Gasteiger partial charge is 0.311 e. The normalized spacial score (nSPS) is 27.5. The molecule has 1 aromatic rings. The number of H-pyrrole nitrogens is 1. The Balaban J connectivity index is 1.87. The van der Waals surface area contributed by atoms with Crippen LogP contribution in [0.25, 0.3) is 0 Å². The van der Waals surface area contributed by atoms with Crippen LogP contribution in [-0.4, -0.2) is 53.2 Å². The van der Waals surface area contributed by atoms with E-state index in [1.165, 1.54) is 17.2 Å². The van der Waals surface area contributed by atoms with Crippen LogP contribution >= 0.6 is 15.9 Å². The molecule has 3 rings (SSSR count). The molecule has 8 heteroatoms. The van der Waals surface area contributed by atoms with Crippen LogP contribution in [0, 0.1) is 11.3 Å². The summed E-state index contributed by atoms with van der Waals surface area (Å²) < 4.78 is 5.64. The summed E-state index contributed by atoms with van der Waals surface area (Å²) in [5, 5.41) is 9.60. The van der Waals surface area contributed by atoms with E-state index in [9.17, 15) is 19.5 Å². The molecule has 0 unspecified atom stereocenters. The van der Waals surface area contributed by atoms with Crippen LogP contribution < -0.4 is 5.56 Å². The monoisotopic (exact) mass is 370 g/mol. The second kappa shape index (κ2) is 5.51. The van der Waals surface area contributed by atoms with Crippen molar-refractivity contribution >= 4 is 27.8 Å². The third-order valence-corrected chi connectivity index (χ3v) is 5.11. The summed E-state index contributed by atoms with van der Waals surface area (Å²) in [6.45, 7) is 1.27. The molecule has 118 valence electrons. The fourth-order valence-electron chi connectivity index (χ4n) is 3.22. The number of fused-ring (bicyclic) bond motifs is 1. The van der Waals surface area contributed by atoms with Crippen LogP contribution in [0.3, 0.4) is 0 Å². The number of halogens is 1. The molecule has 0 aliphatic carbocycles. The molecule has 2 aliphatic heterocycles. The van der Waals surface area contributed by atoms with E-state index in [0.29, 0.717) is 31.7 Å². The third kappa shape index (κ3) is 2.36. The molecule has 0 radical (unpaired) electrons. The van der Waals surface area contributed by atoms with Crippen molar-refractivity contribution in [3.63, 3.8) is 0 Å². The average Bonchev–Trinajstić information content (AvgIpc) is 2.90. The van der Waals surface area contributed by atoms with Crippen LogP contribution in [0.2, 0.25) is 0 Å².